The van der Waals surface area contributed by atoms with Crippen molar-refractivity contribution in [3.05, 3.63) is 60.2 Å². The molecule has 0 fully saturated rings. The van der Waals surface area contributed by atoms with Gasteiger partial charge in [0.1, 0.15) is 18.4 Å². The van der Waals surface area contributed by atoms with E-state index in [0.29, 0.717) is 11.3 Å². The molecular formula is C18H19NO7S. The first-order valence-electron chi connectivity index (χ1n) is 7.90. The number of hydrogen-bond acceptors (Lipinski definition) is 6. The number of carbonyl (C=O) groups excluding carboxylic acids is 1. The Kier molecular flexibility index (Phi) is 6.91. The van der Waals surface area contributed by atoms with Gasteiger partial charge in [0.25, 0.3) is 0 Å². The van der Waals surface area contributed by atoms with E-state index >= 15 is 0 Å². The Labute approximate surface area is 156 Å². The maximum Gasteiger partial charge on any atom is 0.325 e. The lowest BCUT2D eigenvalue weighted by molar-refractivity contribution is -0.150. The van der Waals surface area contributed by atoms with Crippen LogP contribution in [0.5, 0.6) is 5.75 Å². The topological polar surface area (TPSA) is 119 Å². The molecule has 2 aromatic rings. The van der Waals surface area contributed by atoms with E-state index in [1.165, 1.54) is 31.4 Å². The van der Waals surface area contributed by atoms with Gasteiger partial charge in [0.2, 0.25) is 10.0 Å². The van der Waals surface area contributed by atoms with Gasteiger partial charge in [-0.15, -0.1) is 0 Å². The third kappa shape index (κ3) is 6.08. The second kappa shape index (κ2) is 9.15. The van der Waals surface area contributed by atoms with Crippen molar-refractivity contribution in [1.29, 1.82) is 0 Å². The first-order valence-corrected chi connectivity index (χ1v) is 9.39. The first kappa shape index (κ1) is 20.4. The summed E-state index contributed by atoms with van der Waals surface area (Å²) >= 11 is 0. The van der Waals surface area contributed by atoms with Crippen LogP contribution in [-0.4, -0.2) is 38.6 Å². The zero-order valence-corrected chi connectivity index (χ0v) is 15.3. The summed E-state index contributed by atoms with van der Waals surface area (Å²) in [6.07, 6.45) is -0.747. The summed E-state index contributed by atoms with van der Waals surface area (Å²) in [6, 6.07) is 12.6. The SMILES string of the molecule is COc1ccc(S(=O)(=O)NC(CC(=O)O)C(=O)OCc2ccccc2)cc1. The van der Waals surface area contributed by atoms with Crippen LogP contribution in [0.15, 0.2) is 59.5 Å². The molecule has 2 rings (SSSR count). The molecule has 1 unspecified atom stereocenters. The van der Waals surface area contributed by atoms with Gasteiger partial charge < -0.3 is 14.6 Å². The van der Waals surface area contributed by atoms with Crippen molar-refractivity contribution in [2.45, 2.75) is 24.0 Å². The number of nitrogens with one attached hydrogen (secondary N) is 1. The molecule has 2 N–H and O–H groups in total. The van der Waals surface area contributed by atoms with Gasteiger partial charge >= 0.3 is 11.9 Å². The molecule has 0 bridgehead atoms. The molecule has 2 aromatic carbocycles. The molecule has 0 radical (unpaired) electrons. The summed E-state index contributed by atoms with van der Waals surface area (Å²) in [5.74, 6) is -1.86. The lowest BCUT2D eigenvalue weighted by Gasteiger charge is -2.16. The molecule has 0 amide bonds. The van der Waals surface area contributed by atoms with Crippen LogP contribution in [0.1, 0.15) is 12.0 Å². The zero-order valence-electron chi connectivity index (χ0n) is 14.5. The fourth-order valence-electron chi connectivity index (χ4n) is 2.19. The molecule has 0 heterocycles. The maximum absolute atomic E-state index is 12.4. The third-order valence-electron chi connectivity index (χ3n) is 3.55. The van der Waals surface area contributed by atoms with E-state index in [0.717, 1.165) is 0 Å². The van der Waals surface area contributed by atoms with E-state index in [1.54, 1.807) is 30.3 Å². The quantitative estimate of drug-likeness (QED) is 0.621. The van der Waals surface area contributed by atoms with Crippen LogP contribution in [0.3, 0.4) is 0 Å². The summed E-state index contributed by atoms with van der Waals surface area (Å²) < 4.78 is 37.0. The van der Waals surface area contributed by atoms with E-state index < -0.39 is 34.4 Å². The minimum atomic E-state index is -4.13. The number of aliphatic carboxylic acids is 1. The number of benzene rings is 2. The Morgan fingerprint density at radius 1 is 1.07 bits per heavy atom. The predicted octanol–water partition coefficient (Wildman–Crippen LogP) is 1.56. The van der Waals surface area contributed by atoms with E-state index in [2.05, 4.69) is 4.72 Å². The molecule has 0 aliphatic heterocycles. The summed E-state index contributed by atoms with van der Waals surface area (Å²) in [5, 5.41) is 8.99. The normalized spacial score (nSPS) is 12.2. The van der Waals surface area contributed by atoms with Crippen molar-refractivity contribution in [3.63, 3.8) is 0 Å². The first-order chi connectivity index (χ1) is 12.8. The smallest absolute Gasteiger partial charge is 0.325 e. The average Bonchev–Trinajstić information content (AvgIpc) is 2.66. The summed E-state index contributed by atoms with van der Waals surface area (Å²) in [7, 11) is -2.69. The molecule has 0 aliphatic carbocycles. The average molecular weight is 393 g/mol. The van der Waals surface area contributed by atoms with Crippen molar-refractivity contribution < 1.29 is 32.6 Å². The Morgan fingerprint density at radius 3 is 2.26 bits per heavy atom. The highest BCUT2D eigenvalue weighted by atomic mass is 32.2. The van der Waals surface area contributed by atoms with Crippen LogP contribution in [0.25, 0.3) is 0 Å². The fourth-order valence-corrected chi connectivity index (χ4v) is 3.37. The van der Waals surface area contributed by atoms with E-state index in [-0.39, 0.29) is 11.5 Å². The minimum absolute atomic E-state index is 0.0972. The number of esters is 1. The largest absolute Gasteiger partial charge is 0.497 e. The van der Waals surface area contributed by atoms with Gasteiger partial charge in [0.15, 0.2) is 0 Å². The Balaban J connectivity index is 2.11. The fraction of sp³-hybridized carbons (Fsp3) is 0.222. The second-order valence-corrected chi connectivity index (χ2v) is 7.25. The number of carbonyl (C=O) groups is 2. The van der Waals surface area contributed by atoms with E-state index in [9.17, 15) is 18.0 Å². The van der Waals surface area contributed by atoms with Crippen LogP contribution in [0, 0.1) is 0 Å². The summed E-state index contributed by atoms with van der Waals surface area (Å²) in [6.45, 7) is -0.0972. The van der Waals surface area contributed by atoms with Crippen molar-refractivity contribution in [2.75, 3.05) is 7.11 Å². The van der Waals surface area contributed by atoms with Gasteiger partial charge in [-0.2, -0.15) is 4.72 Å². The number of methoxy groups -OCH3 is 1. The number of carboxylic acids is 1. The van der Waals surface area contributed by atoms with Crippen molar-refractivity contribution in [3.8, 4) is 5.75 Å². The molecule has 0 saturated carbocycles. The lowest BCUT2D eigenvalue weighted by atomic mass is 10.2. The Hall–Kier alpha value is -2.91. The highest BCUT2D eigenvalue weighted by molar-refractivity contribution is 7.89. The molecule has 144 valence electrons. The van der Waals surface area contributed by atoms with Gasteiger partial charge in [-0.1, -0.05) is 30.3 Å². The highest BCUT2D eigenvalue weighted by Crippen LogP contribution is 2.16. The molecule has 0 aliphatic rings. The molecule has 1 atom stereocenters. The maximum atomic E-state index is 12.4. The molecule has 0 aromatic heterocycles. The minimum Gasteiger partial charge on any atom is -0.497 e. The van der Waals surface area contributed by atoms with Gasteiger partial charge in [0.05, 0.1) is 18.4 Å². The number of rotatable bonds is 9. The summed E-state index contributed by atoms with van der Waals surface area (Å²) in [4.78, 5) is 23.1. The predicted molar refractivity (Wildman–Crippen MR) is 95.6 cm³/mol. The molecule has 8 nitrogen and oxygen atoms in total. The number of sulfonamides is 1. The van der Waals surface area contributed by atoms with Crippen molar-refractivity contribution in [2.24, 2.45) is 0 Å². The molecule has 0 saturated heterocycles. The van der Waals surface area contributed by atoms with Crippen molar-refractivity contribution >= 4 is 22.0 Å². The van der Waals surface area contributed by atoms with Gasteiger partial charge in [-0.05, 0) is 29.8 Å². The molecule has 27 heavy (non-hydrogen) atoms. The standard InChI is InChI=1S/C18H19NO7S/c1-25-14-7-9-15(10-8-14)27(23,24)19-16(11-17(20)21)18(22)26-12-13-5-3-2-4-6-13/h2-10,16,19H,11-12H2,1H3,(H,20,21). The number of carboxylic acid groups (broad SMARTS) is 1. The highest BCUT2D eigenvalue weighted by Gasteiger charge is 2.29. The van der Waals surface area contributed by atoms with Crippen LogP contribution in [-0.2, 0) is 31.0 Å². The van der Waals surface area contributed by atoms with Crippen LogP contribution in [0.4, 0.5) is 0 Å². The Bertz CT molecular complexity index is 880. The van der Waals surface area contributed by atoms with Crippen LogP contribution >= 0.6 is 0 Å². The monoisotopic (exact) mass is 393 g/mol. The van der Waals surface area contributed by atoms with Crippen molar-refractivity contribution in [1.82, 2.24) is 4.72 Å². The van der Waals surface area contributed by atoms with Crippen LogP contribution < -0.4 is 9.46 Å². The zero-order chi connectivity index (χ0) is 19.9. The molecular weight excluding hydrogens is 374 g/mol. The second-order valence-electron chi connectivity index (χ2n) is 5.54. The van der Waals surface area contributed by atoms with Crippen LogP contribution in [0.2, 0.25) is 0 Å². The van der Waals surface area contributed by atoms with E-state index in [4.69, 9.17) is 14.6 Å². The third-order valence-corrected chi connectivity index (χ3v) is 5.04. The van der Waals surface area contributed by atoms with Gasteiger partial charge in [-0.3, -0.25) is 9.59 Å². The summed E-state index contributed by atoms with van der Waals surface area (Å²) in [5.41, 5.74) is 0.693. The Morgan fingerprint density at radius 2 is 1.70 bits per heavy atom. The number of ether oxygens (including phenoxy) is 2. The number of hydrogen-bond donors (Lipinski definition) is 2. The molecule has 0 spiro atoms. The lowest BCUT2D eigenvalue weighted by Crippen LogP contribution is -2.43. The van der Waals surface area contributed by atoms with E-state index in [1.807, 2.05) is 0 Å². The molecule has 9 heteroatoms. The van der Waals surface area contributed by atoms with Gasteiger partial charge in [-0.25, -0.2) is 8.42 Å². The van der Waals surface area contributed by atoms with Gasteiger partial charge in [0, 0.05) is 0 Å².